The van der Waals surface area contributed by atoms with Crippen molar-refractivity contribution in [2.75, 3.05) is 23.7 Å². The Morgan fingerprint density at radius 3 is 2.65 bits per heavy atom. The number of nitrogen functional groups attached to an aromatic ring is 1. The van der Waals surface area contributed by atoms with Gasteiger partial charge in [0.2, 0.25) is 0 Å². The first-order chi connectivity index (χ1) is 8.10. The molecule has 1 heterocycles. The highest BCUT2D eigenvalue weighted by atomic mass is 19.1. The number of anilines is 2. The maximum Gasteiger partial charge on any atom is 0.125 e. The average Bonchev–Trinajstić information content (AvgIpc) is 2.77. The van der Waals surface area contributed by atoms with Crippen LogP contribution in [0.1, 0.15) is 33.1 Å². The van der Waals surface area contributed by atoms with Gasteiger partial charge in [-0.05, 0) is 42.9 Å². The molecule has 1 aliphatic rings. The van der Waals surface area contributed by atoms with Crippen molar-refractivity contribution in [3.05, 3.63) is 24.0 Å². The average molecular weight is 236 g/mol. The zero-order valence-electron chi connectivity index (χ0n) is 10.7. The Morgan fingerprint density at radius 1 is 1.35 bits per heavy atom. The normalized spacial score (nSPS) is 18.6. The van der Waals surface area contributed by atoms with E-state index < -0.39 is 0 Å². The van der Waals surface area contributed by atoms with E-state index in [0.717, 1.165) is 18.8 Å². The van der Waals surface area contributed by atoms with Crippen LogP contribution in [0.2, 0.25) is 0 Å². The summed E-state index contributed by atoms with van der Waals surface area (Å²) in [6.45, 7) is 6.45. The molecule has 1 fully saturated rings. The Balaban J connectivity index is 2.23. The molecule has 0 aromatic heterocycles. The molecule has 0 spiro atoms. The summed E-state index contributed by atoms with van der Waals surface area (Å²) >= 11 is 0. The largest absolute Gasteiger partial charge is 0.397 e. The number of rotatable bonds is 3. The van der Waals surface area contributed by atoms with E-state index >= 15 is 0 Å². The van der Waals surface area contributed by atoms with Gasteiger partial charge in [-0.25, -0.2) is 4.39 Å². The van der Waals surface area contributed by atoms with Crippen LogP contribution in [0.4, 0.5) is 15.8 Å². The molecule has 2 rings (SSSR count). The van der Waals surface area contributed by atoms with Crippen molar-refractivity contribution < 1.29 is 4.39 Å². The lowest BCUT2D eigenvalue weighted by Crippen LogP contribution is -2.26. The number of nitrogens with two attached hydrogens (primary N) is 1. The second kappa shape index (κ2) is 4.55. The summed E-state index contributed by atoms with van der Waals surface area (Å²) in [7, 11) is 0. The van der Waals surface area contributed by atoms with Crippen LogP contribution in [-0.2, 0) is 0 Å². The molecule has 0 atom stereocenters. The summed E-state index contributed by atoms with van der Waals surface area (Å²) in [6.07, 6.45) is 3.53. The van der Waals surface area contributed by atoms with Gasteiger partial charge in [0.15, 0.2) is 0 Å². The molecule has 0 aliphatic carbocycles. The minimum atomic E-state index is -0.209. The molecule has 17 heavy (non-hydrogen) atoms. The zero-order chi connectivity index (χ0) is 12.5. The van der Waals surface area contributed by atoms with E-state index in [1.165, 1.54) is 25.3 Å². The summed E-state index contributed by atoms with van der Waals surface area (Å²) in [5.41, 5.74) is 7.85. The van der Waals surface area contributed by atoms with Crippen LogP contribution in [0.5, 0.6) is 0 Å². The predicted octanol–water partition coefficient (Wildman–Crippen LogP) is 3.42. The van der Waals surface area contributed by atoms with E-state index in [9.17, 15) is 4.39 Å². The standard InChI is InChI=1S/C14H21FN2/c1-3-14(4-2)7-8-17(10-14)13-9-11(15)5-6-12(13)16/h5-6,9H,3-4,7-8,10,16H2,1-2H3. The van der Waals surface area contributed by atoms with Crippen molar-refractivity contribution in [2.45, 2.75) is 33.1 Å². The lowest BCUT2D eigenvalue weighted by Gasteiger charge is -2.27. The Labute approximate surface area is 103 Å². The molecular weight excluding hydrogens is 215 g/mol. The van der Waals surface area contributed by atoms with Crippen molar-refractivity contribution in [1.29, 1.82) is 0 Å². The van der Waals surface area contributed by atoms with Crippen LogP contribution in [0.3, 0.4) is 0 Å². The van der Waals surface area contributed by atoms with E-state index in [1.807, 2.05) is 0 Å². The smallest absolute Gasteiger partial charge is 0.125 e. The van der Waals surface area contributed by atoms with Crippen LogP contribution < -0.4 is 10.6 Å². The highest BCUT2D eigenvalue weighted by Crippen LogP contribution is 2.40. The molecule has 1 saturated heterocycles. The van der Waals surface area contributed by atoms with Gasteiger partial charge in [0.25, 0.3) is 0 Å². The fourth-order valence-electron chi connectivity index (χ4n) is 2.76. The maximum atomic E-state index is 13.3. The maximum absolute atomic E-state index is 13.3. The van der Waals surface area contributed by atoms with Gasteiger partial charge in [-0.2, -0.15) is 0 Å². The highest BCUT2D eigenvalue weighted by Gasteiger charge is 2.35. The van der Waals surface area contributed by atoms with Gasteiger partial charge in [-0.1, -0.05) is 13.8 Å². The van der Waals surface area contributed by atoms with E-state index in [-0.39, 0.29) is 5.82 Å². The third-order valence-corrected chi connectivity index (χ3v) is 4.27. The molecule has 0 bridgehead atoms. The molecule has 94 valence electrons. The molecule has 1 aromatic carbocycles. The van der Waals surface area contributed by atoms with Gasteiger partial charge in [0, 0.05) is 13.1 Å². The van der Waals surface area contributed by atoms with Crippen molar-refractivity contribution in [1.82, 2.24) is 0 Å². The van der Waals surface area contributed by atoms with Crippen LogP contribution >= 0.6 is 0 Å². The topological polar surface area (TPSA) is 29.3 Å². The molecule has 1 aliphatic heterocycles. The Bertz CT molecular complexity index is 399. The summed E-state index contributed by atoms with van der Waals surface area (Å²) < 4.78 is 13.3. The van der Waals surface area contributed by atoms with Crippen molar-refractivity contribution in [3.63, 3.8) is 0 Å². The number of hydrogen-bond acceptors (Lipinski definition) is 2. The summed E-state index contributed by atoms with van der Waals surface area (Å²) in [5, 5.41) is 0. The molecule has 2 N–H and O–H groups in total. The van der Waals surface area contributed by atoms with Gasteiger partial charge >= 0.3 is 0 Å². The van der Waals surface area contributed by atoms with E-state index in [4.69, 9.17) is 5.73 Å². The summed E-state index contributed by atoms with van der Waals surface area (Å²) in [6, 6.07) is 4.63. The molecule has 0 radical (unpaired) electrons. The molecule has 1 aromatic rings. The fourth-order valence-corrected chi connectivity index (χ4v) is 2.76. The Kier molecular flexibility index (Phi) is 3.27. The minimum Gasteiger partial charge on any atom is -0.397 e. The van der Waals surface area contributed by atoms with Crippen molar-refractivity contribution in [2.24, 2.45) is 5.41 Å². The quantitative estimate of drug-likeness (QED) is 0.815. The molecule has 0 unspecified atom stereocenters. The first-order valence-electron chi connectivity index (χ1n) is 6.40. The third-order valence-electron chi connectivity index (χ3n) is 4.27. The Morgan fingerprint density at radius 2 is 2.06 bits per heavy atom. The second-order valence-corrected chi connectivity index (χ2v) is 5.08. The third kappa shape index (κ3) is 2.24. The number of hydrogen-bond donors (Lipinski definition) is 1. The van der Waals surface area contributed by atoms with Crippen LogP contribution in [0.25, 0.3) is 0 Å². The van der Waals surface area contributed by atoms with E-state index in [2.05, 4.69) is 18.7 Å². The van der Waals surface area contributed by atoms with Gasteiger partial charge in [0.05, 0.1) is 11.4 Å². The fraction of sp³-hybridized carbons (Fsp3) is 0.571. The predicted molar refractivity (Wildman–Crippen MR) is 70.7 cm³/mol. The van der Waals surface area contributed by atoms with Crippen molar-refractivity contribution in [3.8, 4) is 0 Å². The van der Waals surface area contributed by atoms with Gasteiger partial charge < -0.3 is 10.6 Å². The number of nitrogens with zero attached hydrogens (tertiary/aromatic N) is 1. The van der Waals surface area contributed by atoms with E-state index in [0.29, 0.717) is 11.1 Å². The molecule has 0 saturated carbocycles. The second-order valence-electron chi connectivity index (χ2n) is 5.08. The van der Waals surface area contributed by atoms with Crippen LogP contribution in [-0.4, -0.2) is 13.1 Å². The first kappa shape index (κ1) is 12.2. The van der Waals surface area contributed by atoms with Gasteiger partial charge in [-0.3, -0.25) is 0 Å². The van der Waals surface area contributed by atoms with Crippen LogP contribution in [0, 0.1) is 11.2 Å². The SMILES string of the molecule is CCC1(CC)CCN(c2cc(F)ccc2N)C1. The van der Waals surface area contributed by atoms with Gasteiger partial charge in [-0.15, -0.1) is 0 Å². The minimum absolute atomic E-state index is 0.209. The van der Waals surface area contributed by atoms with E-state index in [1.54, 1.807) is 12.1 Å². The summed E-state index contributed by atoms with van der Waals surface area (Å²) in [4.78, 5) is 2.23. The monoisotopic (exact) mass is 236 g/mol. The molecular formula is C14H21FN2. The lowest BCUT2D eigenvalue weighted by molar-refractivity contribution is 0.301. The van der Waals surface area contributed by atoms with Gasteiger partial charge in [0.1, 0.15) is 5.82 Å². The number of halogens is 1. The Hall–Kier alpha value is -1.25. The van der Waals surface area contributed by atoms with Crippen LogP contribution in [0.15, 0.2) is 18.2 Å². The molecule has 0 amide bonds. The molecule has 3 heteroatoms. The lowest BCUT2D eigenvalue weighted by atomic mass is 9.82. The zero-order valence-corrected chi connectivity index (χ0v) is 10.7. The molecule has 2 nitrogen and oxygen atoms in total. The highest BCUT2D eigenvalue weighted by molar-refractivity contribution is 5.68. The van der Waals surface area contributed by atoms with Crippen molar-refractivity contribution >= 4 is 11.4 Å². The first-order valence-corrected chi connectivity index (χ1v) is 6.40. The summed E-state index contributed by atoms with van der Waals surface area (Å²) in [5.74, 6) is -0.209. The number of benzene rings is 1.